The van der Waals surface area contributed by atoms with Gasteiger partial charge >= 0.3 is 0 Å². The number of benzene rings is 2. The number of rotatable bonds is 6. The van der Waals surface area contributed by atoms with Gasteiger partial charge in [-0.1, -0.05) is 24.3 Å². The molecular formula is C20H19N3O3S. The normalized spacial score (nSPS) is 12.2. The summed E-state index contributed by atoms with van der Waals surface area (Å²) < 4.78 is 27.1. The fourth-order valence-electron chi connectivity index (χ4n) is 2.49. The summed E-state index contributed by atoms with van der Waals surface area (Å²) in [4.78, 5) is 16.8. The number of amides is 1. The molecule has 1 aromatic heterocycles. The SMILES string of the molecule is CC(NC(=O)c1ccc(NS(=O)(=O)c2ccccc2)cc1)c1ccccn1. The van der Waals surface area contributed by atoms with Crippen LogP contribution in [-0.4, -0.2) is 19.3 Å². The zero-order valence-corrected chi connectivity index (χ0v) is 15.5. The minimum Gasteiger partial charge on any atom is -0.344 e. The predicted molar refractivity (Wildman–Crippen MR) is 104 cm³/mol. The third-order valence-electron chi connectivity index (χ3n) is 3.93. The highest BCUT2D eigenvalue weighted by molar-refractivity contribution is 7.92. The molecule has 7 heteroatoms. The lowest BCUT2D eigenvalue weighted by Gasteiger charge is -2.13. The Bertz CT molecular complexity index is 1010. The molecule has 6 nitrogen and oxygen atoms in total. The third-order valence-corrected chi connectivity index (χ3v) is 5.33. The van der Waals surface area contributed by atoms with Crippen LogP contribution in [0, 0.1) is 0 Å². The van der Waals surface area contributed by atoms with Crippen molar-refractivity contribution in [1.29, 1.82) is 0 Å². The lowest BCUT2D eigenvalue weighted by atomic mass is 10.1. The smallest absolute Gasteiger partial charge is 0.261 e. The summed E-state index contributed by atoms with van der Waals surface area (Å²) in [6.07, 6.45) is 1.67. The van der Waals surface area contributed by atoms with E-state index in [0.29, 0.717) is 11.3 Å². The Hall–Kier alpha value is -3.19. The molecule has 1 heterocycles. The number of sulfonamides is 1. The molecule has 3 aromatic rings. The van der Waals surface area contributed by atoms with Crippen molar-refractivity contribution in [3.8, 4) is 0 Å². The molecule has 27 heavy (non-hydrogen) atoms. The number of nitrogens with zero attached hydrogens (tertiary/aromatic N) is 1. The molecule has 0 fully saturated rings. The number of nitrogens with one attached hydrogen (secondary N) is 2. The molecule has 2 N–H and O–H groups in total. The first kappa shape index (κ1) is 18.6. The van der Waals surface area contributed by atoms with E-state index in [1.807, 2.05) is 25.1 Å². The molecule has 0 saturated carbocycles. The van der Waals surface area contributed by atoms with Crippen LogP contribution in [0.1, 0.15) is 29.0 Å². The highest BCUT2D eigenvalue weighted by atomic mass is 32.2. The van der Waals surface area contributed by atoms with Crippen molar-refractivity contribution in [2.24, 2.45) is 0 Å². The van der Waals surface area contributed by atoms with Gasteiger partial charge in [0.05, 0.1) is 16.6 Å². The van der Waals surface area contributed by atoms with Gasteiger partial charge in [-0.2, -0.15) is 0 Å². The van der Waals surface area contributed by atoms with E-state index in [1.54, 1.807) is 48.7 Å². The van der Waals surface area contributed by atoms with E-state index in [1.165, 1.54) is 12.1 Å². The first-order valence-corrected chi connectivity index (χ1v) is 9.84. The standard InChI is InChI=1S/C20H19N3O3S/c1-15(19-9-5-6-14-21-19)22-20(24)16-10-12-17(13-11-16)23-27(25,26)18-7-3-2-4-8-18/h2-15,23H,1H3,(H,22,24). The molecular weight excluding hydrogens is 362 g/mol. The van der Waals surface area contributed by atoms with Crippen LogP contribution in [0.5, 0.6) is 0 Å². The molecule has 0 aliphatic heterocycles. The van der Waals surface area contributed by atoms with E-state index >= 15 is 0 Å². The zero-order chi connectivity index (χ0) is 19.3. The fraction of sp³-hybridized carbons (Fsp3) is 0.100. The second kappa shape index (κ2) is 8.01. The van der Waals surface area contributed by atoms with Gasteiger partial charge in [0.25, 0.3) is 15.9 Å². The van der Waals surface area contributed by atoms with Gasteiger partial charge < -0.3 is 5.32 Å². The second-order valence-electron chi connectivity index (χ2n) is 5.95. The van der Waals surface area contributed by atoms with Crippen molar-refractivity contribution in [3.05, 3.63) is 90.3 Å². The van der Waals surface area contributed by atoms with Crippen LogP contribution in [0.4, 0.5) is 5.69 Å². The molecule has 1 amide bonds. The molecule has 0 bridgehead atoms. The molecule has 0 spiro atoms. The summed E-state index contributed by atoms with van der Waals surface area (Å²) in [6, 6.07) is 19.6. The van der Waals surface area contributed by atoms with E-state index in [-0.39, 0.29) is 16.8 Å². The number of carbonyl (C=O) groups excluding carboxylic acids is 1. The van der Waals surface area contributed by atoms with Crippen molar-refractivity contribution in [2.45, 2.75) is 17.9 Å². The minimum absolute atomic E-state index is 0.177. The van der Waals surface area contributed by atoms with Gasteiger partial charge in [-0.05, 0) is 55.5 Å². The van der Waals surface area contributed by atoms with Crippen LogP contribution in [0.3, 0.4) is 0 Å². The maximum atomic E-state index is 12.4. The fourth-order valence-corrected chi connectivity index (χ4v) is 3.57. The van der Waals surface area contributed by atoms with E-state index < -0.39 is 10.0 Å². The number of anilines is 1. The molecule has 2 aromatic carbocycles. The average molecular weight is 381 g/mol. The molecule has 3 rings (SSSR count). The largest absolute Gasteiger partial charge is 0.344 e. The van der Waals surface area contributed by atoms with Gasteiger partial charge in [-0.25, -0.2) is 8.42 Å². The molecule has 138 valence electrons. The first-order chi connectivity index (χ1) is 13.0. The van der Waals surface area contributed by atoms with E-state index in [0.717, 1.165) is 5.69 Å². The maximum Gasteiger partial charge on any atom is 0.261 e. The summed E-state index contributed by atoms with van der Waals surface area (Å²) in [6.45, 7) is 1.85. The third kappa shape index (κ3) is 4.71. The van der Waals surface area contributed by atoms with Gasteiger partial charge in [-0.15, -0.1) is 0 Å². The molecule has 0 aliphatic rings. The van der Waals surface area contributed by atoms with Crippen molar-refractivity contribution in [3.63, 3.8) is 0 Å². The summed E-state index contributed by atoms with van der Waals surface area (Å²) in [5.74, 6) is -0.259. The van der Waals surface area contributed by atoms with Crippen LogP contribution in [0.25, 0.3) is 0 Å². The van der Waals surface area contributed by atoms with Crippen LogP contribution in [0.2, 0.25) is 0 Å². The Morgan fingerprint density at radius 1 is 0.926 bits per heavy atom. The van der Waals surface area contributed by atoms with Crippen LogP contribution in [-0.2, 0) is 10.0 Å². The monoisotopic (exact) mass is 381 g/mol. The van der Waals surface area contributed by atoms with Gasteiger partial charge in [-0.3, -0.25) is 14.5 Å². The summed E-state index contributed by atoms with van der Waals surface area (Å²) in [5.41, 5.74) is 1.58. The summed E-state index contributed by atoms with van der Waals surface area (Å²) in [5, 5.41) is 2.87. The van der Waals surface area contributed by atoms with Crippen molar-refractivity contribution in [2.75, 3.05) is 4.72 Å². The molecule has 1 atom stereocenters. The van der Waals surface area contributed by atoms with Gasteiger partial charge in [0.15, 0.2) is 0 Å². The summed E-state index contributed by atoms with van der Waals surface area (Å²) >= 11 is 0. The topological polar surface area (TPSA) is 88.2 Å². The van der Waals surface area contributed by atoms with Crippen molar-refractivity contribution in [1.82, 2.24) is 10.3 Å². The van der Waals surface area contributed by atoms with E-state index in [2.05, 4.69) is 15.0 Å². The zero-order valence-electron chi connectivity index (χ0n) is 14.7. The second-order valence-corrected chi connectivity index (χ2v) is 7.63. The van der Waals surface area contributed by atoms with Gasteiger partial charge in [0.1, 0.15) is 0 Å². The average Bonchev–Trinajstić information content (AvgIpc) is 2.69. The number of pyridine rings is 1. The van der Waals surface area contributed by atoms with Crippen LogP contribution < -0.4 is 10.0 Å². The Morgan fingerprint density at radius 3 is 2.22 bits per heavy atom. The molecule has 0 radical (unpaired) electrons. The number of hydrogen-bond donors (Lipinski definition) is 2. The first-order valence-electron chi connectivity index (χ1n) is 8.35. The predicted octanol–water partition coefficient (Wildman–Crippen LogP) is 3.37. The Balaban J connectivity index is 1.67. The van der Waals surface area contributed by atoms with Crippen LogP contribution in [0.15, 0.2) is 83.9 Å². The quantitative estimate of drug-likeness (QED) is 0.685. The van der Waals surface area contributed by atoms with Gasteiger partial charge in [0.2, 0.25) is 0 Å². The lowest BCUT2D eigenvalue weighted by Crippen LogP contribution is -2.27. The van der Waals surface area contributed by atoms with Crippen molar-refractivity contribution >= 4 is 21.6 Å². The van der Waals surface area contributed by atoms with E-state index in [9.17, 15) is 13.2 Å². The van der Waals surface area contributed by atoms with Crippen molar-refractivity contribution < 1.29 is 13.2 Å². The lowest BCUT2D eigenvalue weighted by molar-refractivity contribution is 0.0939. The molecule has 0 saturated heterocycles. The molecule has 1 unspecified atom stereocenters. The highest BCUT2D eigenvalue weighted by Crippen LogP contribution is 2.17. The minimum atomic E-state index is -3.66. The van der Waals surface area contributed by atoms with Gasteiger partial charge in [0, 0.05) is 17.4 Å². The maximum absolute atomic E-state index is 12.4. The van der Waals surface area contributed by atoms with E-state index in [4.69, 9.17) is 0 Å². The summed E-state index contributed by atoms with van der Waals surface area (Å²) in [7, 11) is -3.66. The Kier molecular flexibility index (Phi) is 5.52. The number of carbonyl (C=O) groups is 1. The molecule has 0 aliphatic carbocycles. The number of aromatic nitrogens is 1. The number of hydrogen-bond acceptors (Lipinski definition) is 4. The Morgan fingerprint density at radius 2 is 1.59 bits per heavy atom. The highest BCUT2D eigenvalue weighted by Gasteiger charge is 2.15. The Labute approximate surface area is 158 Å². The van der Waals surface area contributed by atoms with Crippen LogP contribution >= 0.6 is 0 Å².